The lowest BCUT2D eigenvalue weighted by Gasteiger charge is -2.03. The van der Waals surface area contributed by atoms with Crippen LogP contribution in [0.1, 0.15) is 53.0 Å². The van der Waals surface area contributed by atoms with Crippen molar-refractivity contribution in [3.05, 3.63) is 34.5 Å². The van der Waals surface area contributed by atoms with Gasteiger partial charge in [0.05, 0.1) is 5.69 Å². The summed E-state index contributed by atoms with van der Waals surface area (Å²) in [5, 5.41) is 13.8. The summed E-state index contributed by atoms with van der Waals surface area (Å²) >= 11 is 0. The molecule has 21 heavy (non-hydrogen) atoms. The van der Waals surface area contributed by atoms with E-state index in [-0.39, 0.29) is 5.91 Å². The van der Waals surface area contributed by atoms with E-state index in [4.69, 9.17) is 4.52 Å². The number of rotatable bonds is 7. The third kappa shape index (κ3) is 3.93. The molecule has 0 radical (unpaired) electrons. The normalized spacial score (nSPS) is 10.8. The van der Waals surface area contributed by atoms with Crippen LogP contribution in [0.15, 0.2) is 10.6 Å². The second kappa shape index (κ2) is 7.06. The number of amides is 1. The Hall–Kier alpha value is -2.11. The largest absolute Gasteiger partial charge is 0.361 e. The molecule has 1 amide bonds. The van der Waals surface area contributed by atoms with Crippen molar-refractivity contribution in [2.45, 2.75) is 46.5 Å². The van der Waals surface area contributed by atoms with Crippen LogP contribution in [-0.4, -0.2) is 27.8 Å². The average molecular weight is 290 g/mol. The maximum atomic E-state index is 11.9. The molecule has 0 aliphatic carbocycles. The van der Waals surface area contributed by atoms with Gasteiger partial charge in [-0.2, -0.15) is 5.10 Å². The number of aromatic amines is 1. The Balaban J connectivity index is 1.76. The van der Waals surface area contributed by atoms with E-state index >= 15 is 0 Å². The molecule has 2 heterocycles. The second-order valence-corrected chi connectivity index (χ2v) is 5.20. The quantitative estimate of drug-likeness (QED) is 0.767. The Bertz CT molecular complexity index is 581. The summed E-state index contributed by atoms with van der Waals surface area (Å²) in [6, 6.07) is 1.71. The first-order valence-corrected chi connectivity index (χ1v) is 7.36. The van der Waals surface area contributed by atoms with Gasteiger partial charge in [0.15, 0.2) is 5.69 Å². The molecule has 0 unspecified atom stereocenters. The van der Waals surface area contributed by atoms with Crippen molar-refractivity contribution in [1.82, 2.24) is 20.7 Å². The van der Waals surface area contributed by atoms with Crippen LogP contribution in [0.4, 0.5) is 0 Å². The third-order valence-corrected chi connectivity index (χ3v) is 3.46. The fraction of sp³-hybridized carbons (Fsp3) is 0.533. The molecular weight excluding hydrogens is 268 g/mol. The summed E-state index contributed by atoms with van der Waals surface area (Å²) in [7, 11) is 0. The second-order valence-electron chi connectivity index (χ2n) is 5.20. The number of aryl methyl sites for hydroxylation is 3. The van der Waals surface area contributed by atoms with Crippen molar-refractivity contribution in [1.29, 1.82) is 0 Å². The van der Waals surface area contributed by atoms with Crippen molar-refractivity contribution < 1.29 is 9.32 Å². The highest BCUT2D eigenvalue weighted by atomic mass is 16.5. The SMILES string of the molecule is CCCc1cc(C(=O)NCCCc2c(C)n[nH]c2C)no1. The minimum atomic E-state index is -0.179. The zero-order valence-corrected chi connectivity index (χ0v) is 12.8. The standard InChI is InChI=1S/C15H22N4O2/c1-4-6-12-9-14(19-21-12)15(20)16-8-5-7-13-10(2)17-18-11(13)3/h9H,4-8H2,1-3H3,(H,16,20)(H,17,18). The van der Waals surface area contributed by atoms with Crippen LogP contribution in [0.25, 0.3) is 0 Å². The molecule has 6 heteroatoms. The molecule has 2 aromatic rings. The Morgan fingerprint density at radius 1 is 1.38 bits per heavy atom. The zero-order chi connectivity index (χ0) is 15.2. The molecule has 0 atom stereocenters. The number of hydrogen-bond donors (Lipinski definition) is 2. The van der Waals surface area contributed by atoms with E-state index in [1.54, 1.807) is 6.07 Å². The van der Waals surface area contributed by atoms with Crippen LogP contribution in [0.3, 0.4) is 0 Å². The van der Waals surface area contributed by atoms with Gasteiger partial charge in [-0.05, 0) is 38.7 Å². The van der Waals surface area contributed by atoms with Gasteiger partial charge in [-0.15, -0.1) is 0 Å². The molecule has 114 valence electrons. The predicted molar refractivity (Wildman–Crippen MR) is 79.2 cm³/mol. The summed E-state index contributed by atoms with van der Waals surface area (Å²) in [6.07, 6.45) is 3.54. The topological polar surface area (TPSA) is 83.8 Å². The predicted octanol–water partition coefficient (Wildman–Crippen LogP) is 2.33. The van der Waals surface area contributed by atoms with Gasteiger partial charge in [0.1, 0.15) is 5.76 Å². The van der Waals surface area contributed by atoms with Gasteiger partial charge < -0.3 is 9.84 Å². The molecule has 0 aliphatic rings. The minimum Gasteiger partial charge on any atom is -0.361 e. The maximum Gasteiger partial charge on any atom is 0.273 e. The van der Waals surface area contributed by atoms with Crippen LogP contribution in [-0.2, 0) is 12.8 Å². The van der Waals surface area contributed by atoms with Gasteiger partial charge in [0, 0.05) is 24.7 Å². The number of H-pyrrole nitrogens is 1. The van der Waals surface area contributed by atoms with Gasteiger partial charge in [-0.25, -0.2) is 0 Å². The monoisotopic (exact) mass is 290 g/mol. The van der Waals surface area contributed by atoms with Crippen LogP contribution in [0, 0.1) is 13.8 Å². The molecule has 0 aromatic carbocycles. The highest BCUT2D eigenvalue weighted by Crippen LogP contribution is 2.11. The first-order chi connectivity index (χ1) is 10.1. The lowest BCUT2D eigenvalue weighted by molar-refractivity contribution is 0.0944. The zero-order valence-electron chi connectivity index (χ0n) is 12.8. The molecule has 0 saturated carbocycles. The van der Waals surface area contributed by atoms with Gasteiger partial charge in [0.25, 0.3) is 5.91 Å². The molecule has 2 rings (SSSR count). The highest BCUT2D eigenvalue weighted by Gasteiger charge is 2.12. The highest BCUT2D eigenvalue weighted by molar-refractivity contribution is 5.92. The molecule has 0 saturated heterocycles. The fourth-order valence-electron chi connectivity index (χ4n) is 2.28. The number of carbonyl (C=O) groups is 1. The number of hydrogen-bond acceptors (Lipinski definition) is 4. The number of nitrogens with one attached hydrogen (secondary N) is 2. The average Bonchev–Trinajstić information content (AvgIpc) is 3.04. The minimum absolute atomic E-state index is 0.179. The molecule has 0 spiro atoms. The van der Waals surface area contributed by atoms with E-state index in [1.807, 2.05) is 13.8 Å². The smallest absolute Gasteiger partial charge is 0.273 e. The first-order valence-electron chi connectivity index (χ1n) is 7.36. The summed E-state index contributed by atoms with van der Waals surface area (Å²) in [5.74, 6) is 0.578. The lowest BCUT2D eigenvalue weighted by Crippen LogP contribution is -2.25. The van der Waals surface area contributed by atoms with Gasteiger partial charge >= 0.3 is 0 Å². The van der Waals surface area contributed by atoms with E-state index < -0.39 is 0 Å². The molecule has 0 fully saturated rings. The van der Waals surface area contributed by atoms with E-state index in [0.29, 0.717) is 12.2 Å². The van der Waals surface area contributed by atoms with E-state index in [0.717, 1.165) is 42.8 Å². The summed E-state index contributed by atoms with van der Waals surface area (Å²) < 4.78 is 5.10. The Labute approximate surface area is 124 Å². The van der Waals surface area contributed by atoms with Crippen LogP contribution in [0.5, 0.6) is 0 Å². The molecule has 2 N–H and O–H groups in total. The van der Waals surface area contributed by atoms with Crippen molar-refractivity contribution in [3.63, 3.8) is 0 Å². The third-order valence-electron chi connectivity index (χ3n) is 3.46. The maximum absolute atomic E-state index is 11.9. The molecule has 0 aliphatic heterocycles. The van der Waals surface area contributed by atoms with Gasteiger partial charge in [-0.3, -0.25) is 9.89 Å². The first kappa shape index (κ1) is 15.3. The van der Waals surface area contributed by atoms with Gasteiger partial charge in [-0.1, -0.05) is 12.1 Å². The van der Waals surface area contributed by atoms with Crippen molar-refractivity contribution in [2.75, 3.05) is 6.54 Å². The summed E-state index contributed by atoms with van der Waals surface area (Å²) in [5.41, 5.74) is 3.71. The summed E-state index contributed by atoms with van der Waals surface area (Å²) in [6.45, 7) is 6.67. The van der Waals surface area contributed by atoms with Crippen LogP contribution >= 0.6 is 0 Å². The number of carbonyl (C=O) groups excluding carboxylic acids is 1. The molecular formula is C15H22N4O2. The van der Waals surface area contributed by atoms with E-state index in [1.165, 1.54) is 5.56 Å². The van der Waals surface area contributed by atoms with E-state index in [9.17, 15) is 4.79 Å². The Kier molecular flexibility index (Phi) is 5.14. The van der Waals surface area contributed by atoms with Crippen molar-refractivity contribution in [3.8, 4) is 0 Å². The van der Waals surface area contributed by atoms with Crippen molar-refractivity contribution in [2.24, 2.45) is 0 Å². The van der Waals surface area contributed by atoms with Crippen LogP contribution in [0.2, 0.25) is 0 Å². The van der Waals surface area contributed by atoms with Crippen molar-refractivity contribution >= 4 is 5.91 Å². The number of aromatic nitrogens is 3. The Morgan fingerprint density at radius 3 is 2.86 bits per heavy atom. The van der Waals surface area contributed by atoms with E-state index in [2.05, 4.69) is 27.6 Å². The number of nitrogens with zero attached hydrogens (tertiary/aromatic N) is 2. The Morgan fingerprint density at radius 2 is 2.19 bits per heavy atom. The van der Waals surface area contributed by atoms with Gasteiger partial charge in [0.2, 0.25) is 0 Å². The molecule has 6 nitrogen and oxygen atoms in total. The fourth-order valence-corrected chi connectivity index (χ4v) is 2.28. The molecule has 0 bridgehead atoms. The lowest BCUT2D eigenvalue weighted by atomic mass is 10.1. The summed E-state index contributed by atoms with van der Waals surface area (Å²) in [4.78, 5) is 11.9. The molecule has 2 aromatic heterocycles. The van der Waals surface area contributed by atoms with Crippen LogP contribution < -0.4 is 5.32 Å².